The molecule has 94 valence electrons. The third kappa shape index (κ3) is 2.27. The highest BCUT2D eigenvalue weighted by Crippen LogP contribution is 2.23. The molecule has 0 saturated heterocycles. The van der Waals surface area contributed by atoms with Crippen LogP contribution in [0.25, 0.3) is 16.9 Å². The SMILES string of the molecule is CC(=O)c1nc(-c2cccc(-n3cnnn3)c2)cs1. The van der Waals surface area contributed by atoms with Gasteiger partial charge in [-0.2, -0.15) is 0 Å². The van der Waals surface area contributed by atoms with Crippen LogP contribution in [0.5, 0.6) is 0 Å². The van der Waals surface area contributed by atoms with Crippen LogP contribution in [0.2, 0.25) is 0 Å². The number of thiazole rings is 1. The van der Waals surface area contributed by atoms with E-state index in [0.29, 0.717) is 5.01 Å². The number of rotatable bonds is 3. The van der Waals surface area contributed by atoms with Gasteiger partial charge >= 0.3 is 0 Å². The van der Waals surface area contributed by atoms with Crippen LogP contribution in [-0.2, 0) is 0 Å². The summed E-state index contributed by atoms with van der Waals surface area (Å²) in [6.07, 6.45) is 1.53. The van der Waals surface area contributed by atoms with Crippen molar-refractivity contribution < 1.29 is 4.79 Å². The van der Waals surface area contributed by atoms with Crippen molar-refractivity contribution in [2.75, 3.05) is 0 Å². The van der Waals surface area contributed by atoms with Crippen molar-refractivity contribution in [1.29, 1.82) is 0 Å². The number of hydrogen-bond donors (Lipinski definition) is 0. The summed E-state index contributed by atoms with van der Waals surface area (Å²) in [5, 5.41) is 13.4. The van der Waals surface area contributed by atoms with Crippen molar-refractivity contribution in [2.24, 2.45) is 0 Å². The number of tetrazole rings is 1. The Morgan fingerprint density at radius 2 is 2.26 bits per heavy atom. The second kappa shape index (κ2) is 4.69. The molecule has 0 N–H and O–H groups in total. The maximum atomic E-state index is 11.3. The normalized spacial score (nSPS) is 10.6. The molecule has 0 atom stereocenters. The summed E-state index contributed by atoms with van der Waals surface area (Å²) in [7, 11) is 0. The Bertz CT molecular complexity index is 719. The van der Waals surface area contributed by atoms with Crippen molar-refractivity contribution in [3.8, 4) is 16.9 Å². The molecule has 0 aliphatic rings. The molecule has 0 bridgehead atoms. The zero-order valence-electron chi connectivity index (χ0n) is 10.0. The van der Waals surface area contributed by atoms with Gasteiger partial charge in [-0.3, -0.25) is 4.79 Å². The van der Waals surface area contributed by atoms with Crippen LogP contribution in [-0.4, -0.2) is 31.0 Å². The molecule has 3 rings (SSSR count). The van der Waals surface area contributed by atoms with Crippen molar-refractivity contribution in [3.63, 3.8) is 0 Å². The van der Waals surface area contributed by atoms with E-state index in [-0.39, 0.29) is 5.78 Å². The lowest BCUT2D eigenvalue weighted by molar-refractivity contribution is 0.101. The molecule has 6 nitrogen and oxygen atoms in total. The van der Waals surface area contributed by atoms with E-state index in [9.17, 15) is 4.79 Å². The summed E-state index contributed by atoms with van der Waals surface area (Å²) in [5.74, 6) is -0.0205. The van der Waals surface area contributed by atoms with Gasteiger partial charge in [-0.1, -0.05) is 12.1 Å². The molecule has 2 aromatic heterocycles. The molecule has 0 aliphatic carbocycles. The van der Waals surface area contributed by atoms with Crippen molar-refractivity contribution >= 4 is 17.1 Å². The first-order valence-electron chi connectivity index (χ1n) is 5.54. The molecular weight excluding hydrogens is 262 g/mol. The van der Waals surface area contributed by atoms with Gasteiger partial charge in [0.05, 0.1) is 11.4 Å². The van der Waals surface area contributed by atoms with Gasteiger partial charge in [-0.05, 0) is 22.6 Å². The molecule has 0 radical (unpaired) electrons. The number of Topliss-reactive ketones (excluding diaryl/α,β-unsaturated/α-hetero) is 1. The highest BCUT2D eigenvalue weighted by atomic mass is 32.1. The van der Waals surface area contributed by atoms with E-state index in [1.165, 1.54) is 24.6 Å². The van der Waals surface area contributed by atoms with E-state index >= 15 is 0 Å². The van der Waals surface area contributed by atoms with Crippen LogP contribution in [0.4, 0.5) is 0 Å². The largest absolute Gasteiger partial charge is 0.292 e. The Labute approximate surface area is 112 Å². The zero-order valence-corrected chi connectivity index (χ0v) is 10.8. The molecule has 0 unspecified atom stereocenters. The van der Waals surface area contributed by atoms with Crippen LogP contribution in [0.15, 0.2) is 36.0 Å². The molecule has 1 aromatic carbocycles. The van der Waals surface area contributed by atoms with Crippen molar-refractivity contribution in [3.05, 3.63) is 41.0 Å². The fourth-order valence-electron chi connectivity index (χ4n) is 1.66. The second-order valence-electron chi connectivity index (χ2n) is 3.90. The summed E-state index contributed by atoms with van der Waals surface area (Å²) in [6, 6.07) is 7.67. The number of hydrogen-bond acceptors (Lipinski definition) is 6. The maximum Gasteiger partial charge on any atom is 0.188 e. The predicted molar refractivity (Wildman–Crippen MR) is 70.3 cm³/mol. The van der Waals surface area contributed by atoms with Gasteiger partial charge < -0.3 is 0 Å². The van der Waals surface area contributed by atoms with E-state index in [1.807, 2.05) is 29.6 Å². The third-order valence-corrected chi connectivity index (χ3v) is 3.50. The van der Waals surface area contributed by atoms with Crippen LogP contribution < -0.4 is 0 Å². The molecule has 0 aliphatic heterocycles. The first-order valence-corrected chi connectivity index (χ1v) is 6.42. The fraction of sp³-hybridized carbons (Fsp3) is 0.0833. The molecule has 0 amide bonds. The molecule has 0 spiro atoms. The van der Waals surface area contributed by atoms with Gasteiger partial charge in [0.25, 0.3) is 0 Å². The van der Waals surface area contributed by atoms with Crippen LogP contribution >= 0.6 is 11.3 Å². The molecule has 19 heavy (non-hydrogen) atoms. The van der Waals surface area contributed by atoms with E-state index < -0.39 is 0 Å². The minimum Gasteiger partial charge on any atom is -0.292 e. The first-order chi connectivity index (χ1) is 9.24. The van der Waals surface area contributed by atoms with Crippen LogP contribution in [0, 0.1) is 0 Å². The lowest BCUT2D eigenvalue weighted by Crippen LogP contribution is -1.95. The monoisotopic (exact) mass is 271 g/mol. The number of carbonyl (C=O) groups is 1. The minimum absolute atomic E-state index is 0.0205. The topological polar surface area (TPSA) is 73.6 Å². The Kier molecular flexibility index (Phi) is 2.88. The van der Waals surface area contributed by atoms with E-state index in [0.717, 1.165) is 16.9 Å². The maximum absolute atomic E-state index is 11.3. The van der Waals surface area contributed by atoms with Crippen LogP contribution in [0.3, 0.4) is 0 Å². The van der Waals surface area contributed by atoms with Crippen molar-refractivity contribution in [1.82, 2.24) is 25.2 Å². The first kappa shape index (κ1) is 11.7. The third-order valence-electron chi connectivity index (χ3n) is 2.56. The quantitative estimate of drug-likeness (QED) is 0.681. The molecule has 0 fully saturated rings. The molecule has 0 saturated carbocycles. The molecule has 7 heteroatoms. The fourth-order valence-corrected chi connectivity index (χ4v) is 2.38. The number of nitrogens with zero attached hydrogens (tertiary/aromatic N) is 5. The van der Waals surface area contributed by atoms with Crippen LogP contribution in [0.1, 0.15) is 16.7 Å². The lowest BCUT2D eigenvalue weighted by Gasteiger charge is -2.01. The highest BCUT2D eigenvalue weighted by Gasteiger charge is 2.09. The molecule has 3 aromatic rings. The van der Waals surface area contributed by atoms with E-state index in [4.69, 9.17) is 0 Å². The van der Waals surface area contributed by atoms with Gasteiger partial charge in [0, 0.05) is 17.9 Å². The van der Waals surface area contributed by atoms with Gasteiger partial charge in [-0.15, -0.1) is 16.4 Å². The van der Waals surface area contributed by atoms with E-state index in [2.05, 4.69) is 20.5 Å². The Hall–Kier alpha value is -2.41. The van der Waals surface area contributed by atoms with Crippen molar-refractivity contribution in [2.45, 2.75) is 6.92 Å². The van der Waals surface area contributed by atoms with Gasteiger partial charge in [-0.25, -0.2) is 9.67 Å². The Morgan fingerprint density at radius 1 is 1.37 bits per heavy atom. The number of benzene rings is 1. The zero-order chi connectivity index (χ0) is 13.2. The standard InChI is InChI=1S/C12H9N5OS/c1-8(18)12-14-11(6-19-12)9-3-2-4-10(5-9)17-7-13-15-16-17/h2-7H,1H3. The summed E-state index contributed by atoms with van der Waals surface area (Å²) >= 11 is 1.35. The minimum atomic E-state index is -0.0205. The Balaban J connectivity index is 2.01. The predicted octanol–water partition coefficient (Wildman–Crippen LogP) is 1.99. The second-order valence-corrected chi connectivity index (χ2v) is 4.76. The molecular formula is C12H9N5OS. The van der Waals surface area contributed by atoms with Gasteiger partial charge in [0.2, 0.25) is 0 Å². The summed E-state index contributed by atoms with van der Waals surface area (Å²) < 4.78 is 1.57. The lowest BCUT2D eigenvalue weighted by atomic mass is 10.1. The Morgan fingerprint density at radius 3 is 2.95 bits per heavy atom. The molecule has 2 heterocycles. The number of aromatic nitrogens is 5. The summed E-state index contributed by atoms with van der Waals surface area (Å²) in [5.41, 5.74) is 2.56. The number of carbonyl (C=O) groups excluding carboxylic acids is 1. The highest BCUT2D eigenvalue weighted by molar-refractivity contribution is 7.12. The number of ketones is 1. The smallest absolute Gasteiger partial charge is 0.188 e. The summed E-state index contributed by atoms with van der Waals surface area (Å²) in [6.45, 7) is 1.51. The summed E-state index contributed by atoms with van der Waals surface area (Å²) in [4.78, 5) is 15.6. The average molecular weight is 271 g/mol. The van der Waals surface area contributed by atoms with Gasteiger partial charge in [0.15, 0.2) is 10.8 Å². The average Bonchev–Trinajstić information content (AvgIpc) is 3.10. The van der Waals surface area contributed by atoms with E-state index in [1.54, 1.807) is 4.68 Å². The van der Waals surface area contributed by atoms with Gasteiger partial charge in [0.1, 0.15) is 6.33 Å².